The summed E-state index contributed by atoms with van der Waals surface area (Å²) in [7, 11) is 0. The number of hydrogen-bond acceptors (Lipinski definition) is 4. The summed E-state index contributed by atoms with van der Waals surface area (Å²) in [6.45, 7) is 0. The Morgan fingerprint density at radius 2 is 1.65 bits per heavy atom. The maximum Gasteiger partial charge on any atom is 0.320 e. The zero-order chi connectivity index (χ0) is 12.0. The van der Waals surface area contributed by atoms with E-state index in [1.54, 1.807) is 30.3 Å². The van der Waals surface area contributed by atoms with Crippen LogP contribution in [-0.4, -0.2) is 9.97 Å². The molecule has 5 heteroatoms. The fourth-order valence-corrected chi connectivity index (χ4v) is 1.82. The van der Waals surface area contributed by atoms with E-state index in [0.29, 0.717) is 16.4 Å². The Kier molecular flexibility index (Phi) is 2.06. The fourth-order valence-electron chi connectivity index (χ4n) is 1.69. The van der Waals surface area contributed by atoms with Gasteiger partial charge in [0.1, 0.15) is 5.69 Å². The van der Waals surface area contributed by atoms with Gasteiger partial charge in [-0.15, -0.1) is 0 Å². The van der Waals surface area contributed by atoms with Crippen LogP contribution in [0.1, 0.15) is 0 Å². The van der Waals surface area contributed by atoms with Gasteiger partial charge < -0.3 is 0 Å². The van der Waals surface area contributed by atoms with Crippen LogP contribution in [0.4, 0.5) is 0 Å². The molecule has 0 spiro atoms. The molecule has 0 bridgehead atoms. The topological polar surface area (TPSA) is 59.9 Å². The monoisotopic (exact) mass is 244 g/mol. The van der Waals surface area contributed by atoms with Crippen molar-refractivity contribution in [3.8, 4) is 22.6 Å². The molecule has 1 aromatic carbocycles. The predicted molar refractivity (Wildman–Crippen MR) is 64.0 cm³/mol. The van der Waals surface area contributed by atoms with Crippen molar-refractivity contribution in [1.82, 2.24) is 9.97 Å². The van der Waals surface area contributed by atoms with Crippen molar-refractivity contribution in [3.05, 3.63) is 55.9 Å². The van der Waals surface area contributed by atoms with Crippen molar-refractivity contribution in [3.63, 3.8) is 0 Å². The van der Waals surface area contributed by atoms with Crippen LogP contribution in [0, 0.1) is 0 Å². The van der Waals surface area contributed by atoms with Crippen LogP contribution < -0.4 is 11.0 Å². The molecule has 0 atom stereocenters. The normalized spacial score (nSPS) is 11.1. The van der Waals surface area contributed by atoms with E-state index in [1.807, 2.05) is 0 Å². The number of aromatic nitrogens is 2. The van der Waals surface area contributed by atoms with Crippen LogP contribution in [0.15, 0.2) is 39.9 Å². The summed E-state index contributed by atoms with van der Waals surface area (Å²) < 4.78 is 0. The third kappa shape index (κ3) is 1.54. The number of benzene rings is 1. The third-order valence-corrected chi connectivity index (χ3v) is 2.77. The van der Waals surface area contributed by atoms with Crippen LogP contribution >= 0.6 is 11.6 Å². The molecule has 4 nitrogen and oxygen atoms in total. The highest BCUT2D eigenvalue weighted by Crippen LogP contribution is 2.25. The van der Waals surface area contributed by atoms with E-state index in [0.717, 1.165) is 5.56 Å². The molecular formula is C12H5ClN2O2. The number of halogens is 1. The zero-order valence-corrected chi connectivity index (χ0v) is 9.23. The Hall–Kier alpha value is -2.07. The van der Waals surface area contributed by atoms with E-state index in [2.05, 4.69) is 9.97 Å². The Bertz CT molecular complexity index is 742. The number of hydrogen-bond donors (Lipinski definition) is 0. The Morgan fingerprint density at radius 1 is 0.941 bits per heavy atom. The van der Waals surface area contributed by atoms with E-state index < -0.39 is 11.0 Å². The molecule has 0 fully saturated rings. The molecule has 0 N–H and O–H groups in total. The minimum atomic E-state index is -0.745. The van der Waals surface area contributed by atoms with Gasteiger partial charge in [-0.1, -0.05) is 23.7 Å². The van der Waals surface area contributed by atoms with E-state index >= 15 is 0 Å². The first kappa shape index (κ1) is 10.1. The van der Waals surface area contributed by atoms with Gasteiger partial charge in [-0.25, -0.2) is 9.97 Å². The number of fused-ring (bicyclic) bond motifs is 1. The lowest BCUT2D eigenvalue weighted by molar-refractivity contribution is 1.30. The van der Waals surface area contributed by atoms with Crippen LogP contribution in [0.5, 0.6) is 0 Å². The Balaban J connectivity index is 2.19. The largest absolute Gasteiger partial charge is 0.320 e. The first-order valence-electron chi connectivity index (χ1n) is 4.89. The summed E-state index contributed by atoms with van der Waals surface area (Å²) in [6, 6.07) is 8.70. The second kappa shape index (κ2) is 3.46. The molecule has 82 valence electrons. The van der Waals surface area contributed by atoms with Crippen molar-refractivity contribution < 1.29 is 0 Å². The number of nitrogens with zero attached hydrogens (tertiary/aromatic N) is 2. The lowest BCUT2D eigenvalue weighted by Crippen LogP contribution is -2.19. The molecule has 3 rings (SSSR count). The maximum atomic E-state index is 11.4. The van der Waals surface area contributed by atoms with Crippen molar-refractivity contribution in [2.75, 3.05) is 0 Å². The van der Waals surface area contributed by atoms with Gasteiger partial charge in [-0.3, -0.25) is 9.59 Å². The second-order valence-corrected chi connectivity index (χ2v) is 4.06. The first-order chi connectivity index (χ1) is 8.15. The second-order valence-electron chi connectivity index (χ2n) is 3.63. The molecule has 0 aromatic heterocycles. The Labute approximate surface area is 101 Å². The smallest absolute Gasteiger partial charge is 0.281 e. The summed E-state index contributed by atoms with van der Waals surface area (Å²) in [5, 5.41) is 0.629. The summed E-state index contributed by atoms with van der Waals surface area (Å²) in [6.07, 6.45) is 0. The highest BCUT2D eigenvalue weighted by atomic mass is 35.5. The van der Waals surface area contributed by atoms with Crippen LogP contribution in [0.25, 0.3) is 22.6 Å². The maximum absolute atomic E-state index is 11.4. The zero-order valence-electron chi connectivity index (χ0n) is 8.48. The molecule has 2 aliphatic rings. The van der Waals surface area contributed by atoms with Crippen molar-refractivity contribution in [1.29, 1.82) is 0 Å². The van der Waals surface area contributed by atoms with Gasteiger partial charge >= 0.3 is 5.56 Å². The highest BCUT2D eigenvalue weighted by molar-refractivity contribution is 6.30. The first-order valence-corrected chi connectivity index (χ1v) is 5.27. The van der Waals surface area contributed by atoms with E-state index in [4.69, 9.17) is 11.6 Å². The van der Waals surface area contributed by atoms with Crippen molar-refractivity contribution in [2.24, 2.45) is 0 Å². The summed E-state index contributed by atoms with van der Waals surface area (Å²) >= 11 is 5.78. The van der Waals surface area contributed by atoms with Crippen LogP contribution in [0.3, 0.4) is 0 Å². The van der Waals surface area contributed by atoms with Crippen molar-refractivity contribution in [2.45, 2.75) is 0 Å². The summed E-state index contributed by atoms with van der Waals surface area (Å²) in [5.41, 5.74) is 0.561. The predicted octanol–water partition coefficient (Wildman–Crippen LogP) is 1.50. The molecule has 0 amide bonds. The quantitative estimate of drug-likeness (QED) is 0.609. The van der Waals surface area contributed by atoms with Gasteiger partial charge in [-0.05, 0) is 18.2 Å². The van der Waals surface area contributed by atoms with E-state index in [-0.39, 0.29) is 5.69 Å². The third-order valence-electron chi connectivity index (χ3n) is 2.52. The minimum absolute atomic E-state index is 0.139. The lowest BCUT2D eigenvalue weighted by Gasteiger charge is -1.95. The van der Waals surface area contributed by atoms with E-state index in [9.17, 15) is 9.59 Å². The number of rotatable bonds is 1. The molecule has 0 saturated heterocycles. The Morgan fingerprint density at radius 3 is 2.29 bits per heavy atom. The van der Waals surface area contributed by atoms with Crippen LogP contribution in [-0.2, 0) is 0 Å². The van der Waals surface area contributed by atoms with Gasteiger partial charge in [0.2, 0.25) is 0 Å². The van der Waals surface area contributed by atoms with Crippen molar-refractivity contribution >= 4 is 11.6 Å². The molecular weight excluding hydrogens is 240 g/mol. The molecule has 0 radical (unpaired) electrons. The fraction of sp³-hybridized carbons (Fsp3) is 0. The standard InChI is InChI=1S/C12H5ClN2O2/c13-7-3-1-6(2-4-7)8-5-9-10(14-8)11(16)12(17)15-9/h1-5H. The van der Waals surface area contributed by atoms with Gasteiger partial charge in [0.25, 0.3) is 5.43 Å². The lowest BCUT2D eigenvalue weighted by atomic mass is 10.1. The minimum Gasteiger partial charge on any atom is -0.281 e. The molecule has 2 aliphatic heterocycles. The van der Waals surface area contributed by atoms with Gasteiger partial charge in [-0.2, -0.15) is 0 Å². The summed E-state index contributed by atoms with van der Waals surface area (Å²) in [4.78, 5) is 30.1. The molecule has 17 heavy (non-hydrogen) atoms. The highest BCUT2D eigenvalue weighted by Gasteiger charge is 2.19. The van der Waals surface area contributed by atoms with Gasteiger partial charge in [0.15, 0.2) is 0 Å². The summed E-state index contributed by atoms with van der Waals surface area (Å²) in [5.74, 6) is 0. The molecule has 2 heterocycles. The molecule has 0 unspecified atom stereocenters. The SMILES string of the molecule is O=c1nc2cc(-c3ccc(Cl)cc3)nc-2c1=O. The van der Waals surface area contributed by atoms with Gasteiger partial charge in [0.05, 0.1) is 11.4 Å². The molecule has 0 aliphatic carbocycles. The average molecular weight is 245 g/mol. The van der Waals surface area contributed by atoms with Crippen LogP contribution in [0.2, 0.25) is 5.02 Å². The van der Waals surface area contributed by atoms with Gasteiger partial charge in [0, 0.05) is 10.6 Å². The molecule has 0 saturated carbocycles. The van der Waals surface area contributed by atoms with E-state index in [1.165, 1.54) is 0 Å². The average Bonchev–Trinajstić information content (AvgIpc) is 2.82. The molecule has 1 aromatic rings.